The maximum Gasteiger partial charge on any atom is 0.332 e. The molecule has 3 rings (SSSR count). The van der Waals surface area contributed by atoms with Gasteiger partial charge in [-0.2, -0.15) is 0 Å². The smallest absolute Gasteiger partial charge is 0.329 e. The summed E-state index contributed by atoms with van der Waals surface area (Å²) in [5, 5.41) is 0. The van der Waals surface area contributed by atoms with Crippen LogP contribution in [0, 0.1) is 0 Å². The Kier molecular flexibility index (Phi) is 3.01. The standard InChI is InChI=1S/C13H19N5O2/c1-3-17-9-11(15-10(17)8-4-5-8)16(2)13(20)18(7-6-14)12(9)19/h8H,3-7,14H2,1-2H3. The van der Waals surface area contributed by atoms with Gasteiger partial charge in [0.25, 0.3) is 5.56 Å². The Morgan fingerprint density at radius 2 is 2.00 bits per heavy atom. The minimum Gasteiger partial charge on any atom is -0.329 e. The zero-order valence-corrected chi connectivity index (χ0v) is 11.8. The van der Waals surface area contributed by atoms with Crippen LogP contribution >= 0.6 is 0 Å². The van der Waals surface area contributed by atoms with E-state index in [0.717, 1.165) is 18.7 Å². The average molecular weight is 277 g/mol. The molecule has 0 aromatic carbocycles. The molecule has 1 aliphatic carbocycles. The monoisotopic (exact) mass is 277 g/mol. The van der Waals surface area contributed by atoms with Gasteiger partial charge in [-0.05, 0) is 19.8 Å². The van der Waals surface area contributed by atoms with Crippen molar-refractivity contribution in [3.8, 4) is 0 Å². The number of nitrogens with zero attached hydrogens (tertiary/aromatic N) is 4. The molecule has 2 heterocycles. The molecule has 0 saturated heterocycles. The first-order chi connectivity index (χ1) is 9.60. The molecule has 108 valence electrons. The normalized spacial score (nSPS) is 15.2. The Morgan fingerprint density at radius 3 is 2.55 bits per heavy atom. The van der Waals surface area contributed by atoms with Crippen LogP contribution in [0.5, 0.6) is 0 Å². The number of fused-ring (bicyclic) bond motifs is 1. The Balaban J connectivity index is 2.41. The van der Waals surface area contributed by atoms with Crippen molar-refractivity contribution >= 4 is 11.2 Å². The van der Waals surface area contributed by atoms with Crippen LogP contribution in [0.25, 0.3) is 11.2 Å². The van der Waals surface area contributed by atoms with Gasteiger partial charge in [-0.1, -0.05) is 0 Å². The summed E-state index contributed by atoms with van der Waals surface area (Å²) in [4.78, 5) is 29.3. The lowest BCUT2D eigenvalue weighted by atomic mass is 10.4. The molecule has 1 aliphatic rings. The summed E-state index contributed by atoms with van der Waals surface area (Å²) in [5.74, 6) is 1.36. The topological polar surface area (TPSA) is 87.8 Å². The van der Waals surface area contributed by atoms with Crippen LogP contribution < -0.4 is 17.0 Å². The summed E-state index contributed by atoms with van der Waals surface area (Å²) in [6.45, 7) is 3.16. The van der Waals surface area contributed by atoms with Crippen LogP contribution in [-0.4, -0.2) is 25.2 Å². The minimum atomic E-state index is -0.351. The molecule has 2 aromatic heterocycles. The zero-order chi connectivity index (χ0) is 14.4. The summed E-state index contributed by atoms with van der Waals surface area (Å²) in [6, 6.07) is 0. The molecule has 1 fully saturated rings. The van der Waals surface area contributed by atoms with Gasteiger partial charge in [-0.3, -0.25) is 13.9 Å². The SMILES string of the molecule is CCn1c(C2CC2)nc2c1c(=O)n(CCN)c(=O)n2C. The van der Waals surface area contributed by atoms with E-state index < -0.39 is 0 Å². The molecular formula is C13H19N5O2. The number of hydrogen-bond donors (Lipinski definition) is 1. The van der Waals surface area contributed by atoms with Gasteiger partial charge in [0.2, 0.25) is 0 Å². The van der Waals surface area contributed by atoms with Gasteiger partial charge in [0.1, 0.15) is 5.82 Å². The van der Waals surface area contributed by atoms with Crippen LogP contribution in [-0.2, 0) is 20.1 Å². The summed E-state index contributed by atoms with van der Waals surface area (Å²) in [6.07, 6.45) is 2.21. The van der Waals surface area contributed by atoms with Crippen LogP contribution in [0.15, 0.2) is 9.59 Å². The van der Waals surface area contributed by atoms with Gasteiger partial charge in [-0.15, -0.1) is 0 Å². The number of hydrogen-bond acceptors (Lipinski definition) is 4. The van der Waals surface area contributed by atoms with Crippen molar-refractivity contribution in [2.75, 3.05) is 6.54 Å². The Labute approximate surface area is 115 Å². The van der Waals surface area contributed by atoms with Crippen molar-refractivity contribution in [3.05, 3.63) is 26.7 Å². The second kappa shape index (κ2) is 4.59. The molecule has 0 amide bonds. The molecule has 0 radical (unpaired) electrons. The number of aryl methyl sites for hydroxylation is 2. The molecule has 0 spiro atoms. The maximum atomic E-state index is 12.6. The van der Waals surface area contributed by atoms with Gasteiger partial charge >= 0.3 is 5.69 Å². The van der Waals surface area contributed by atoms with E-state index in [1.165, 1.54) is 9.13 Å². The first-order valence-electron chi connectivity index (χ1n) is 7.00. The molecule has 2 N–H and O–H groups in total. The fraction of sp³-hybridized carbons (Fsp3) is 0.615. The van der Waals surface area contributed by atoms with Crippen molar-refractivity contribution in [3.63, 3.8) is 0 Å². The van der Waals surface area contributed by atoms with E-state index in [9.17, 15) is 9.59 Å². The molecule has 0 atom stereocenters. The van der Waals surface area contributed by atoms with Crippen molar-refractivity contribution in [1.82, 2.24) is 18.7 Å². The highest BCUT2D eigenvalue weighted by atomic mass is 16.2. The van der Waals surface area contributed by atoms with E-state index in [0.29, 0.717) is 23.6 Å². The molecule has 20 heavy (non-hydrogen) atoms. The molecule has 0 bridgehead atoms. The van der Waals surface area contributed by atoms with Crippen LogP contribution in [0.2, 0.25) is 0 Å². The first kappa shape index (κ1) is 13.1. The van der Waals surface area contributed by atoms with E-state index in [-0.39, 0.29) is 24.3 Å². The minimum absolute atomic E-state index is 0.231. The van der Waals surface area contributed by atoms with Crippen LogP contribution in [0.3, 0.4) is 0 Å². The third kappa shape index (κ3) is 1.73. The van der Waals surface area contributed by atoms with Gasteiger partial charge in [0.15, 0.2) is 11.2 Å². The lowest BCUT2D eigenvalue weighted by molar-refractivity contribution is 0.607. The lowest BCUT2D eigenvalue weighted by Crippen LogP contribution is -2.41. The van der Waals surface area contributed by atoms with Gasteiger partial charge in [0, 0.05) is 32.6 Å². The van der Waals surface area contributed by atoms with Crippen molar-refractivity contribution < 1.29 is 0 Å². The molecular weight excluding hydrogens is 258 g/mol. The largest absolute Gasteiger partial charge is 0.332 e. The Morgan fingerprint density at radius 1 is 1.30 bits per heavy atom. The zero-order valence-electron chi connectivity index (χ0n) is 11.8. The predicted octanol–water partition coefficient (Wildman–Crippen LogP) is -0.247. The van der Waals surface area contributed by atoms with Crippen molar-refractivity contribution in [1.29, 1.82) is 0 Å². The molecule has 2 aromatic rings. The summed E-state index contributed by atoms with van der Waals surface area (Å²) in [7, 11) is 1.65. The average Bonchev–Trinajstić information content (AvgIpc) is 3.21. The number of nitrogens with two attached hydrogens (primary N) is 1. The summed E-state index contributed by atoms with van der Waals surface area (Å²) >= 11 is 0. The molecule has 7 heteroatoms. The Bertz CT molecular complexity index is 779. The van der Waals surface area contributed by atoms with E-state index in [4.69, 9.17) is 5.73 Å². The molecule has 0 aliphatic heterocycles. The number of aromatic nitrogens is 4. The van der Waals surface area contributed by atoms with Crippen LogP contribution in [0.1, 0.15) is 31.5 Å². The second-order valence-electron chi connectivity index (χ2n) is 5.25. The quantitative estimate of drug-likeness (QED) is 0.835. The highest BCUT2D eigenvalue weighted by Gasteiger charge is 2.31. The molecule has 0 unspecified atom stereocenters. The Hall–Kier alpha value is -1.89. The predicted molar refractivity (Wildman–Crippen MR) is 75.9 cm³/mol. The number of rotatable bonds is 4. The highest BCUT2D eigenvalue weighted by Crippen LogP contribution is 2.40. The third-order valence-electron chi connectivity index (χ3n) is 3.87. The van der Waals surface area contributed by atoms with Gasteiger partial charge in [0.05, 0.1) is 0 Å². The van der Waals surface area contributed by atoms with E-state index >= 15 is 0 Å². The van der Waals surface area contributed by atoms with E-state index in [1.54, 1.807) is 7.05 Å². The van der Waals surface area contributed by atoms with E-state index in [1.807, 2.05) is 11.5 Å². The van der Waals surface area contributed by atoms with Crippen molar-refractivity contribution in [2.45, 2.75) is 38.8 Å². The number of imidazole rings is 1. The lowest BCUT2D eigenvalue weighted by Gasteiger charge is -2.08. The fourth-order valence-corrected chi connectivity index (χ4v) is 2.69. The fourth-order valence-electron chi connectivity index (χ4n) is 2.69. The van der Waals surface area contributed by atoms with Crippen molar-refractivity contribution in [2.24, 2.45) is 12.8 Å². The summed E-state index contributed by atoms with van der Waals surface area (Å²) < 4.78 is 4.60. The third-order valence-corrected chi connectivity index (χ3v) is 3.87. The second-order valence-corrected chi connectivity index (χ2v) is 5.25. The van der Waals surface area contributed by atoms with E-state index in [2.05, 4.69) is 4.98 Å². The molecule has 7 nitrogen and oxygen atoms in total. The highest BCUT2D eigenvalue weighted by molar-refractivity contribution is 5.71. The first-order valence-corrected chi connectivity index (χ1v) is 7.00. The summed E-state index contributed by atoms with van der Waals surface area (Å²) in [5.41, 5.74) is 5.86. The van der Waals surface area contributed by atoms with Gasteiger partial charge < -0.3 is 10.3 Å². The van der Waals surface area contributed by atoms with Crippen LogP contribution in [0.4, 0.5) is 0 Å². The van der Waals surface area contributed by atoms with Gasteiger partial charge in [-0.25, -0.2) is 9.78 Å². The maximum absolute atomic E-state index is 12.6. The molecule has 1 saturated carbocycles.